The molecule has 10 heavy (non-hydrogen) atoms. The van der Waals surface area contributed by atoms with E-state index in [1.165, 1.54) is 0 Å². The average molecular weight is 138 g/mol. The van der Waals surface area contributed by atoms with Crippen LogP contribution in [0.2, 0.25) is 0 Å². The van der Waals surface area contributed by atoms with Crippen molar-refractivity contribution in [3.05, 3.63) is 11.6 Å². The van der Waals surface area contributed by atoms with Crippen LogP contribution in [0.1, 0.15) is 25.5 Å². The van der Waals surface area contributed by atoms with Gasteiger partial charge in [-0.05, 0) is 0 Å². The smallest absolute Gasteiger partial charge is 0.132 e. The van der Waals surface area contributed by atoms with Gasteiger partial charge in [0.05, 0.1) is 0 Å². The third-order valence-electron chi connectivity index (χ3n) is 1.19. The Labute approximate surface area is 59.7 Å². The molecule has 1 aromatic rings. The maximum atomic E-state index is 3.84. The normalized spacial score (nSPS) is 9.80. The van der Waals surface area contributed by atoms with Gasteiger partial charge in [0.15, 0.2) is 11.6 Å². The lowest BCUT2D eigenvalue weighted by Crippen LogP contribution is -2.03. The molecule has 4 nitrogen and oxygen atoms in total. The van der Waals surface area contributed by atoms with E-state index in [9.17, 15) is 0 Å². The van der Waals surface area contributed by atoms with Gasteiger partial charge in [-0.25, -0.2) is 0 Å². The van der Waals surface area contributed by atoms with Crippen LogP contribution >= 0.6 is 0 Å². The Kier molecular flexibility index (Phi) is 2.25. The minimum absolute atomic E-state index is 0.706. The lowest BCUT2D eigenvalue weighted by atomic mass is 10.4. The zero-order chi connectivity index (χ0) is 7.40. The molecule has 0 spiro atoms. The molecule has 0 aliphatic rings. The van der Waals surface area contributed by atoms with Crippen LogP contribution in [-0.2, 0) is 12.8 Å². The molecule has 0 bridgehead atoms. The van der Waals surface area contributed by atoms with E-state index in [0.29, 0.717) is 11.6 Å². The Morgan fingerprint density at radius 3 is 1.30 bits per heavy atom. The zero-order valence-electron chi connectivity index (χ0n) is 6.20. The molecule has 0 aromatic carbocycles. The average Bonchev–Trinajstić information content (AvgIpc) is 2.05. The third-order valence-corrected chi connectivity index (χ3v) is 1.19. The minimum atomic E-state index is 0.706. The molecule has 1 rings (SSSR count). The molecule has 1 aromatic heterocycles. The number of hydrogen-bond acceptors (Lipinski definition) is 4. The highest BCUT2D eigenvalue weighted by atomic mass is 15.3. The van der Waals surface area contributed by atoms with Crippen molar-refractivity contribution in [1.29, 1.82) is 0 Å². The molecule has 4 heteroatoms. The molecule has 0 saturated heterocycles. The summed E-state index contributed by atoms with van der Waals surface area (Å²) in [6.07, 6.45) is 1.59. The van der Waals surface area contributed by atoms with Crippen molar-refractivity contribution in [2.24, 2.45) is 0 Å². The highest BCUT2D eigenvalue weighted by Crippen LogP contribution is 1.87. The molecule has 0 fully saturated rings. The van der Waals surface area contributed by atoms with Crippen molar-refractivity contribution in [1.82, 2.24) is 20.4 Å². The monoisotopic (exact) mass is 138 g/mol. The Bertz CT molecular complexity index is 170. The molecule has 0 radical (unpaired) electrons. The van der Waals surface area contributed by atoms with Crippen molar-refractivity contribution < 1.29 is 0 Å². The molecule has 0 saturated carbocycles. The lowest BCUT2D eigenvalue weighted by molar-refractivity contribution is 0.712. The van der Waals surface area contributed by atoms with E-state index < -0.39 is 0 Å². The van der Waals surface area contributed by atoms with E-state index in [-0.39, 0.29) is 0 Å². The highest BCUT2D eigenvalue weighted by Gasteiger charge is 1.94. The maximum Gasteiger partial charge on any atom is 0.173 e. The molecule has 0 atom stereocenters. The number of aromatic nitrogens is 4. The van der Waals surface area contributed by atoms with Gasteiger partial charge in [-0.3, -0.25) is 0 Å². The predicted molar refractivity (Wildman–Crippen MR) is 36.4 cm³/mol. The minimum Gasteiger partial charge on any atom is -0.132 e. The third kappa shape index (κ3) is 1.46. The predicted octanol–water partition coefficient (Wildman–Crippen LogP) is 0.391. The van der Waals surface area contributed by atoms with Crippen LogP contribution in [0.3, 0.4) is 0 Å². The molecule has 0 aliphatic carbocycles. The first-order valence-electron chi connectivity index (χ1n) is 3.42. The molecule has 0 aliphatic heterocycles. The molecule has 54 valence electrons. The highest BCUT2D eigenvalue weighted by molar-refractivity contribution is 4.80. The quantitative estimate of drug-likeness (QED) is 0.593. The first-order chi connectivity index (χ1) is 4.86. The molecular weight excluding hydrogens is 128 g/mol. The zero-order valence-corrected chi connectivity index (χ0v) is 6.20. The van der Waals surface area contributed by atoms with Crippen molar-refractivity contribution in [3.8, 4) is 0 Å². The molecule has 0 amide bonds. The SMILES string of the molecule is CCc1nnc(CC)nn1. The van der Waals surface area contributed by atoms with Gasteiger partial charge in [-0.2, -0.15) is 0 Å². The summed E-state index contributed by atoms with van der Waals surface area (Å²) < 4.78 is 0. The van der Waals surface area contributed by atoms with E-state index >= 15 is 0 Å². The van der Waals surface area contributed by atoms with Crippen LogP contribution in [0.5, 0.6) is 0 Å². The summed E-state index contributed by atoms with van der Waals surface area (Å²) in [5, 5.41) is 15.4. The second-order valence-electron chi connectivity index (χ2n) is 1.94. The summed E-state index contributed by atoms with van der Waals surface area (Å²) in [4.78, 5) is 0. The first kappa shape index (κ1) is 7.05. The number of hydrogen-bond donors (Lipinski definition) is 0. The van der Waals surface area contributed by atoms with E-state index in [4.69, 9.17) is 0 Å². The summed E-state index contributed by atoms with van der Waals surface area (Å²) in [6, 6.07) is 0. The van der Waals surface area contributed by atoms with Gasteiger partial charge in [0.1, 0.15) is 0 Å². The summed E-state index contributed by atoms with van der Waals surface area (Å²) in [7, 11) is 0. The van der Waals surface area contributed by atoms with E-state index in [1.807, 2.05) is 13.8 Å². The van der Waals surface area contributed by atoms with Crippen molar-refractivity contribution in [2.45, 2.75) is 26.7 Å². The van der Waals surface area contributed by atoms with Gasteiger partial charge in [0.2, 0.25) is 0 Å². The summed E-state index contributed by atoms with van der Waals surface area (Å²) >= 11 is 0. The van der Waals surface area contributed by atoms with Crippen LogP contribution in [0, 0.1) is 0 Å². The van der Waals surface area contributed by atoms with Crippen LogP contribution in [0.25, 0.3) is 0 Å². The van der Waals surface area contributed by atoms with Gasteiger partial charge in [0.25, 0.3) is 0 Å². The van der Waals surface area contributed by atoms with Gasteiger partial charge in [0, 0.05) is 12.8 Å². The van der Waals surface area contributed by atoms with Crippen molar-refractivity contribution in [2.75, 3.05) is 0 Å². The van der Waals surface area contributed by atoms with Crippen LogP contribution in [0.15, 0.2) is 0 Å². The Morgan fingerprint density at radius 1 is 0.800 bits per heavy atom. The van der Waals surface area contributed by atoms with E-state index in [0.717, 1.165) is 12.8 Å². The van der Waals surface area contributed by atoms with Gasteiger partial charge < -0.3 is 0 Å². The molecular formula is C6H10N4. The molecule has 0 unspecified atom stereocenters. The topological polar surface area (TPSA) is 51.6 Å². The second-order valence-corrected chi connectivity index (χ2v) is 1.94. The Balaban J connectivity index is 2.80. The summed E-state index contributed by atoms with van der Waals surface area (Å²) in [5.41, 5.74) is 0. The maximum absolute atomic E-state index is 3.84. The van der Waals surface area contributed by atoms with E-state index in [2.05, 4.69) is 20.4 Å². The van der Waals surface area contributed by atoms with Gasteiger partial charge in [-0.1, -0.05) is 13.8 Å². The summed E-state index contributed by atoms with van der Waals surface area (Å²) in [6.45, 7) is 3.95. The largest absolute Gasteiger partial charge is 0.173 e. The number of rotatable bonds is 2. The standard InChI is InChI=1S/C6H10N4/c1-3-5-7-9-6(4-2)10-8-5/h3-4H2,1-2H3. The first-order valence-corrected chi connectivity index (χ1v) is 3.42. The van der Waals surface area contributed by atoms with Crippen LogP contribution in [0.4, 0.5) is 0 Å². The Hall–Kier alpha value is -1.06. The molecule has 1 heterocycles. The van der Waals surface area contributed by atoms with Crippen LogP contribution < -0.4 is 0 Å². The fourth-order valence-electron chi connectivity index (χ4n) is 0.554. The number of aryl methyl sites for hydroxylation is 2. The van der Waals surface area contributed by atoms with E-state index in [1.54, 1.807) is 0 Å². The van der Waals surface area contributed by atoms with Crippen molar-refractivity contribution in [3.63, 3.8) is 0 Å². The van der Waals surface area contributed by atoms with Crippen LogP contribution in [-0.4, -0.2) is 20.4 Å². The van der Waals surface area contributed by atoms with Gasteiger partial charge in [-0.15, -0.1) is 20.4 Å². The molecule has 0 N–H and O–H groups in total. The Morgan fingerprint density at radius 2 is 1.10 bits per heavy atom. The number of nitrogens with zero attached hydrogens (tertiary/aromatic N) is 4. The lowest BCUT2D eigenvalue weighted by Gasteiger charge is -1.92. The summed E-state index contributed by atoms with van der Waals surface area (Å²) in [5.74, 6) is 1.41. The second kappa shape index (κ2) is 3.20. The van der Waals surface area contributed by atoms with Crippen molar-refractivity contribution >= 4 is 0 Å². The van der Waals surface area contributed by atoms with Gasteiger partial charge >= 0.3 is 0 Å². The fourth-order valence-corrected chi connectivity index (χ4v) is 0.554. The fraction of sp³-hybridized carbons (Fsp3) is 0.667.